The number of nitrogens with two attached hydrogens (primary N) is 1. The van der Waals surface area contributed by atoms with E-state index in [4.69, 9.17) is 10.5 Å². The third kappa shape index (κ3) is 4.81. The van der Waals surface area contributed by atoms with Crippen LogP contribution in [0.25, 0.3) is 0 Å². The molecule has 96 valence electrons. The summed E-state index contributed by atoms with van der Waals surface area (Å²) in [6.45, 7) is 3.57. The summed E-state index contributed by atoms with van der Waals surface area (Å²) in [4.78, 5) is 0. The van der Waals surface area contributed by atoms with Crippen molar-refractivity contribution in [3.63, 3.8) is 0 Å². The number of ether oxygens (including phenoxy) is 1. The lowest BCUT2D eigenvalue weighted by Gasteiger charge is -2.26. The highest BCUT2D eigenvalue weighted by Crippen LogP contribution is 2.38. The largest absolute Gasteiger partial charge is 0.394 e. The summed E-state index contributed by atoms with van der Waals surface area (Å²) in [6, 6.07) is 0. The van der Waals surface area contributed by atoms with E-state index in [2.05, 4.69) is 6.92 Å². The molecule has 16 heavy (non-hydrogen) atoms. The van der Waals surface area contributed by atoms with Crippen LogP contribution in [0.15, 0.2) is 0 Å². The molecule has 0 heterocycles. The van der Waals surface area contributed by atoms with Crippen LogP contribution in [-0.2, 0) is 4.74 Å². The Labute approximate surface area is 99.4 Å². The predicted molar refractivity (Wildman–Crippen MR) is 66.3 cm³/mol. The topological polar surface area (TPSA) is 55.5 Å². The van der Waals surface area contributed by atoms with Crippen molar-refractivity contribution in [2.75, 3.05) is 19.8 Å². The van der Waals surface area contributed by atoms with Crippen molar-refractivity contribution in [3.05, 3.63) is 0 Å². The van der Waals surface area contributed by atoms with Crippen LogP contribution in [0.5, 0.6) is 0 Å². The molecule has 1 aliphatic rings. The normalized spacial score (nSPS) is 19.7. The maximum absolute atomic E-state index is 9.26. The van der Waals surface area contributed by atoms with Crippen molar-refractivity contribution in [1.29, 1.82) is 0 Å². The van der Waals surface area contributed by atoms with E-state index in [-0.39, 0.29) is 6.61 Å². The van der Waals surface area contributed by atoms with Gasteiger partial charge < -0.3 is 15.6 Å². The molecule has 0 bridgehead atoms. The number of hydrogen-bond acceptors (Lipinski definition) is 3. The van der Waals surface area contributed by atoms with Crippen molar-refractivity contribution in [2.24, 2.45) is 11.7 Å². The fraction of sp³-hybridized carbons (Fsp3) is 1.00. The summed E-state index contributed by atoms with van der Waals surface area (Å²) in [7, 11) is 0. The highest BCUT2D eigenvalue weighted by molar-refractivity contribution is 4.98. The van der Waals surface area contributed by atoms with Crippen molar-refractivity contribution in [2.45, 2.75) is 57.4 Å². The van der Waals surface area contributed by atoms with Gasteiger partial charge in [0.2, 0.25) is 0 Å². The first-order chi connectivity index (χ1) is 7.73. The molecule has 0 aromatic carbocycles. The number of aliphatic hydroxyl groups is 1. The summed E-state index contributed by atoms with van der Waals surface area (Å²) >= 11 is 0. The molecule has 0 aromatic rings. The van der Waals surface area contributed by atoms with Gasteiger partial charge in [-0.1, -0.05) is 32.6 Å². The molecule has 0 radical (unpaired) electrons. The fourth-order valence-electron chi connectivity index (χ4n) is 2.02. The van der Waals surface area contributed by atoms with Crippen LogP contribution in [0.3, 0.4) is 0 Å². The second-order valence-electron chi connectivity index (χ2n) is 5.13. The zero-order valence-electron chi connectivity index (χ0n) is 10.6. The van der Waals surface area contributed by atoms with E-state index >= 15 is 0 Å². The Morgan fingerprint density at radius 2 is 1.94 bits per heavy atom. The second kappa shape index (κ2) is 7.25. The van der Waals surface area contributed by atoms with E-state index in [0.29, 0.717) is 12.5 Å². The van der Waals surface area contributed by atoms with Crippen molar-refractivity contribution in [1.82, 2.24) is 0 Å². The number of unbranched alkanes of at least 4 members (excludes halogenated alkanes) is 4. The minimum absolute atomic E-state index is 0.0491. The summed E-state index contributed by atoms with van der Waals surface area (Å²) < 4.78 is 5.59. The minimum Gasteiger partial charge on any atom is -0.394 e. The molecule has 0 aliphatic heterocycles. The first-order valence-corrected chi connectivity index (χ1v) is 6.70. The van der Waals surface area contributed by atoms with Crippen LogP contribution in [-0.4, -0.2) is 30.5 Å². The van der Waals surface area contributed by atoms with E-state index in [1.165, 1.54) is 25.7 Å². The lowest BCUT2D eigenvalue weighted by Crippen LogP contribution is -2.50. The monoisotopic (exact) mass is 229 g/mol. The number of hydrogen-bond donors (Lipinski definition) is 2. The van der Waals surface area contributed by atoms with Gasteiger partial charge in [0.05, 0.1) is 18.8 Å². The van der Waals surface area contributed by atoms with Crippen molar-refractivity contribution in [3.8, 4) is 0 Å². The molecule has 1 rings (SSSR count). The summed E-state index contributed by atoms with van der Waals surface area (Å²) in [5.41, 5.74) is 5.62. The Bertz CT molecular complexity index is 183. The molecule has 0 spiro atoms. The van der Waals surface area contributed by atoms with Gasteiger partial charge >= 0.3 is 0 Å². The zero-order valence-corrected chi connectivity index (χ0v) is 10.6. The van der Waals surface area contributed by atoms with Crippen LogP contribution in [0.2, 0.25) is 0 Å². The third-order valence-electron chi connectivity index (χ3n) is 3.45. The molecular weight excluding hydrogens is 202 g/mol. The maximum atomic E-state index is 9.26. The molecule has 1 saturated carbocycles. The van der Waals surface area contributed by atoms with E-state index in [1.807, 2.05) is 0 Å². The van der Waals surface area contributed by atoms with Gasteiger partial charge in [-0.05, 0) is 25.2 Å². The number of rotatable bonds is 10. The van der Waals surface area contributed by atoms with Gasteiger partial charge in [-0.2, -0.15) is 0 Å². The molecular formula is C13H27NO2. The van der Waals surface area contributed by atoms with Gasteiger partial charge in [-0.3, -0.25) is 0 Å². The van der Waals surface area contributed by atoms with Crippen LogP contribution >= 0.6 is 0 Å². The van der Waals surface area contributed by atoms with Gasteiger partial charge in [0.15, 0.2) is 0 Å². The molecule has 0 aromatic heterocycles. The standard InChI is InChI=1S/C13H27NO2/c1-2-3-4-5-6-9-16-11-13(14,10-15)12-7-8-12/h12,15H,2-11,14H2,1H3. The summed E-state index contributed by atoms with van der Waals surface area (Å²) in [5, 5.41) is 9.26. The molecule has 0 saturated heterocycles. The van der Waals surface area contributed by atoms with Crippen LogP contribution < -0.4 is 5.73 Å². The first-order valence-electron chi connectivity index (χ1n) is 6.70. The van der Waals surface area contributed by atoms with Crippen molar-refractivity contribution >= 4 is 0 Å². The van der Waals surface area contributed by atoms with E-state index in [0.717, 1.165) is 25.9 Å². The Morgan fingerprint density at radius 3 is 2.50 bits per heavy atom. The van der Waals surface area contributed by atoms with Gasteiger partial charge in [0.25, 0.3) is 0 Å². The second-order valence-corrected chi connectivity index (χ2v) is 5.13. The predicted octanol–water partition coefficient (Wildman–Crippen LogP) is 2.07. The Kier molecular flexibility index (Phi) is 6.32. The number of aliphatic hydroxyl groups excluding tert-OH is 1. The first kappa shape index (κ1) is 13.9. The molecule has 1 aliphatic carbocycles. The maximum Gasteiger partial charge on any atom is 0.0671 e. The molecule has 1 unspecified atom stereocenters. The Hall–Kier alpha value is -0.120. The van der Waals surface area contributed by atoms with Crippen LogP contribution in [0.1, 0.15) is 51.9 Å². The molecule has 1 fully saturated rings. The summed E-state index contributed by atoms with van der Waals surface area (Å²) in [6.07, 6.45) is 8.56. The summed E-state index contributed by atoms with van der Waals surface area (Å²) in [5.74, 6) is 0.484. The lowest BCUT2D eigenvalue weighted by atomic mass is 9.97. The Balaban J connectivity index is 1.97. The minimum atomic E-state index is -0.469. The molecule has 1 atom stereocenters. The van der Waals surface area contributed by atoms with Crippen LogP contribution in [0, 0.1) is 5.92 Å². The van der Waals surface area contributed by atoms with Gasteiger partial charge in [0.1, 0.15) is 0 Å². The average Bonchev–Trinajstić information content (AvgIpc) is 3.12. The highest BCUT2D eigenvalue weighted by Gasteiger charge is 2.41. The van der Waals surface area contributed by atoms with Crippen molar-refractivity contribution < 1.29 is 9.84 Å². The molecule has 0 amide bonds. The van der Waals surface area contributed by atoms with E-state index in [1.54, 1.807) is 0 Å². The molecule has 3 heteroatoms. The molecule has 3 nitrogen and oxygen atoms in total. The fourth-order valence-corrected chi connectivity index (χ4v) is 2.02. The molecule has 3 N–H and O–H groups in total. The third-order valence-corrected chi connectivity index (χ3v) is 3.45. The van der Waals surface area contributed by atoms with E-state index < -0.39 is 5.54 Å². The van der Waals surface area contributed by atoms with E-state index in [9.17, 15) is 5.11 Å². The van der Waals surface area contributed by atoms with Crippen LogP contribution in [0.4, 0.5) is 0 Å². The Morgan fingerprint density at radius 1 is 1.25 bits per heavy atom. The lowest BCUT2D eigenvalue weighted by molar-refractivity contribution is 0.0427. The smallest absolute Gasteiger partial charge is 0.0671 e. The van der Waals surface area contributed by atoms with Gasteiger partial charge in [-0.15, -0.1) is 0 Å². The quantitative estimate of drug-likeness (QED) is 0.564. The van der Waals surface area contributed by atoms with Gasteiger partial charge in [0, 0.05) is 6.61 Å². The van der Waals surface area contributed by atoms with Gasteiger partial charge in [-0.25, -0.2) is 0 Å². The average molecular weight is 229 g/mol. The highest BCUT2D eigenvalue weighted by atomic mass is 16.5. The SMILES string of the molecule is CCCCCCCOCC(N)(CO)C1CC1. The zero-order chi connectivity index (χ0) is 11.9.